The molecule has 3 unspecified atom stereocenters. The van der Waals surface area contributed by atoms with E-state index >= 15 is 0 Å². The highest BCUT2D eigenvalue weighted by atomic mass is 16.6. The van der Waals surface area contributed by atoms with E-state index in [9.17, 15) is 4.79 Å². The third-order valence-electron chi connectivity index (χ3n) is 7.95. The van der Waals surface area contributed by atoms with Crippen molar-refractivity contribution in [2.24, 2.45) is 11.8 Å². The van der Waals surface area contributed by atoms with E-state index in [2.05, 4.69) is 13.5 Å². The second-order valence-electron chi connectivity index (χ2n) is 10.9. The summed E-state index contributed by atoms with van der Waals surface area (Å²) in [7, 11) is 0. The number of carbonyl (C=O) groups is 1. The van der Waals surface area contributed by atoms with Crippen molar-refractivity contribution in [2.45, 2.75) is 114 Å². The summed E-state index contributed by atoms with van der Waals surface area (Å²) < 4.78 is 18.3. The van der Waals surface area contributed by atoms with E-state index in [1.165, 1.54) is 44.9 Å². The van der Waals surface area contributed by atoms with Crippen LogP contribution in [0.25, 0.3) is 0 Å². The molecule has 0 aromatic heterocycles. The lowest BCUT2D eigenvalue weighted by molar-refractivity contribution is -0.232. The Morgan fingerprint density at radius 2 is 1.66 bits per heavy atom. The summed E-state index contributed by atoms with van der Waals surface area (Å²) in [5.74, 6) is 1.09. The molecule has 1 saturated heterocycles. The zero-order valence-corrected chi connectivity index (χ0v) is 18.6. The van der Waals surface area contributed by atoms with Crippen LogP contribution in [0.1, 0.15) is 97.3 Å². The predicted molar refractivity (Wildman–Crippen MR) is 114 cm³/mol. The van der Waals surface area contributed by atoms with E-state index in [0.29, 0.717) is 17.4 Å². The summed E-state index contributed by atoms with van der Waals surface area (Å²) in [5.41, 5.74) is 0.356. The Morgan fingerprint density at radius 3 is 2.28 bits per heavy atom. The van der Waals surface area contributed by atoms with Gasteiger partial charge in [-0.3, -0.25) is 0 Å². The van der Waals surface area contributed by atoms with Crippen LogP contribution < -0.4 is 0 Å². The fourth-order valence-electron chi connectivity index (χ4n) is 6.74. The van der Waals surface area contributed by atoms with E-state index in [0.717, 1.165) is 51.7 Å². The van der Waals surface area contributed by atoms with Crippen molar-refractivity contribution in [1.82, 2.24) is 0 Å². The Labute approximate surface area is 176 Å². The molecule has 4 bridgehead atoms. The molecule has 29 heavy (non-hydrogen) atoms. The third kappa shape index (κ3) is 4.90. The van der Waals surface area contributed by atoms with Crippen molar-refractivity contribution in [1.29, 1.82) is 0 Å². The van der Waals surface area contributed by atoms with Crippen LogP contribution in [-0.2, 0) is 19.0 Å². The SMILES string of the molecule is C=C(C)C(=O)OC12CC3CC(CC(OCCCCCCCC4(C)CCO4)(C3)C1)C2. The number of ether oxygens (including phenoxy) is 3. The topological polar surface area (TPSA) is 44.8 Å². The zero-order valence-electron chi connectivity index (χ0n) is 18.6. The van der Waals surface area contributed by atoms with Crippen LogP contribution in [0.2, 0.25) is 0 Å². The van der Waals surface area contributed by atoms with Crippen LogP contribution in [0.15, 0.2) is 12.2 Å². The minimum absolute atomic E-state index is 0.0460. The molecule has 0 aromatic carbocycles. The van der Waals surface area contributed by atoms with Crippen LogP contribution in [0, 0.1) is 11.8 Å². The third-order valence-corrected chi connectivity index (χ3v) is 7.95. The normalized spacial score (nSPS) is 39.9. The first-order valence-corrected chi connectivity index (χ1v) is 12.0. The van der Waals surface area contributed by atoms with Crippen molar-refractivity contribution in [3.05, 3.63) is 12.2 Å². The van der Waals surface area contributed by atoms with Gasteiger partial charge < -0.3 is 14.2 Å². The molecule has 0 spiro atoms. The molecule has 4 saturated carbocycles. The smallest absolute Gasteiger partial charge is 0.333 e. The quantitative estimate of drug-likeness (QED) is 0.250. The Bertz CT molecular complexity index is 606. The van der Waals surface area contributed by atoms with Gasteiger partial charge in [0.15, 0.2) is 0 Å². The molecule has 4 heteroatoms. The summed E-state index contributed by atoms with van der Waals surface area (Å²) in [4.78, 5) is 12.2. The first-order chi connectivity index (χ1) is 13.8. The van der Waals surface area contributed by atoms with Crippen molar-refractivity contribution in [3.63, 3.8) is 0 Å². The largest absolute Gasteiger partial charge is 0.456 e. The molecule has 0 aromatic rings. The lowest BCUT2D eigenvalue weighted by atomic mass is 9.52. The van der Waals surface area contributed by atoms with Gasteiger partial charge in [0.25, 0.3) is 0 Å². The molecule has 5 rings (SSSR count). The predicted octanol–water partition coefficient (Wildman–Crippen LogP) is 5.73. The summed E-state index contributed by atoms with van der Waals surface area (Å²) in [6.45, 7) is 9.56. The van der Waals surface area contributed by atoms with Gasteiger partial charge in [0.05, 0.1) is 17.8 Å². The fraction of sp³-hybridized carbons (Fsp3) is 0.880. The van der Waals surface area contributed by atoms with Gasteiger partial charge >= 0.3 is 5.97 Å². The molecule has 1 heterocycles. The zero-order chi connectivity index (χ0) is 20.5. The number of unbranched alkanes of at least 4 members (excludes halogenated alkanes) is 4. The second-order valence-corrected chi connectivity index (χ2v) is 10.9. The average Bonchev–Trinajstić information content (AvgIpc) is 2.60. The van der Waals surface area contributed by atoms with Crippen molar-refractivity contribution < 1.29 is 19.0 Å². The molecule has 3 atom stereocenters. The molecule has 5 aliphatic rings. The van der Waals surface area contributed by atoms with E-state index in [1.54, 1.807) is 6.92 Å². The van der Waals surface area contributed by atoms with Crippen LogP contribution in [-0.4, -0.2) is 36.0 Å². The molecule has 0 amide bonds. The minimum atomic E-state index is -0.292. The first kappa shape index (κ1) is 21.4. The molecular weight excluding hydrogens is 364 g/mol. The van der Waals surface area contributed by atoms with Gasteiger partial charge in [-0.15, -0.1) is 0 Å². The van der Waals surface area contributed by atoms with Gasteiger partial charge in [0.1, 0.15) is 5.60 Å². The maximum atomic E-state index is 12.2. The van der Waals surface area contributed by atoms with Gasteiger partial charge in [-0.2, -0.15) is 0 Å². The van der Waals surface area contributed by atoms with Gasteiger partial charge in [-0.25, -0.2) is 4.79 Å². The van der Waals surface area contributed by atoms with Crippen molar-refractivity contribution >= 4 is 5.97 Å². The second kappa shape index (κ2) is 8.34. The number of hydrogen-bond acceptors (Lipinski definition) is 4. The summed E-state index contributed by atoms with van der Waals surface area (Å²) >= 11 is 0. The average molecular weight is 405 g/mol. The summed E-state index contributed by atoms with van der Waals surface area (Å²) in [5, 5.41) is 0. The number of carbonyl (C=O) groups excluding carboxylic acids is 1. The van der Waals surface area contributed by atoms with Gasteiger partial charge in [0.2, 0.25) is 0 Å². The highest BCUT2D eigenvalue weighted by molar-refractivity contribution is 5.87. The molecule has 1 aliphatic heterocycles. The summed E-state index contributed by atoms with van der Waals surface area (Å²) in [6, 6.07) is 0. The van der Waals surface area contributed by atoms with Crippen molar-refractivity contribution in [2.75, 3.05) is 13.2 Å². The Hall–Kier alpha value is -0.870. The van der Waals surface area contributed by atoms with Gasteiger partial charge in [-0.05, 0) is 77.0 Å². The molecule has 164 valence electrons. The molecule has 4 nitrogen and oxygen atoms in total. The van der Waals surface area contributed by atoms with E-state index < -0.39 is 0 Å². The highest BCUT2D eigenvalue weighted by Gasteiger charge is 2.60. The molecule has 5 fully saturated rings. The number of esters is 1. The lowest BCUT2D eigenvalue weighted by Gasteiger charge is -2.60. The number of rotatable bonds is 11. The molecule has 0 N–H and O–H groups in total. The standard InChI is InChI=1S/C25H40O4/c1-19(2)22(26)29-25-16-20-13-21(17-25)15-24(14-20,18-25)28-11-8-6-4-5-7-9-23(3)10-12-27-23/h20-21H,1,4-18H2,2-3H3. The van der Waals surface area contributed by atoms with Gasteiger partial charge in [-0.1, -0.05) is 32.3 Å². The van der Waals surface area contributed by atoms with Crippen molar-refractivity contribution in [3.8, 4) is 0 Å². The lowest BCUT2D eigenvalue weighted by Crippen LogP contribution is -2.61. The van der Waals surface area contributed by atoms with Gasteiger partial charge in [0, 0.05) is 18.6 Å². The first-order valence-electron chi connectivity index (χ1n) is 12.0. The highest BCUT2D eigenvalue weighted by Crippen LogP contribution is 2.60. The summed E-state index contributed by atoms with van der Waals surface area (Å²) in [6.07, 6.45) is 15.3. The van der Waals surface area contributed by atoms with Crippen LogP contribution in [0.5, 0.6) is 0 Å². The molecule has 0 radical (unpaired) electrons. The monoisotopic (exact) mass is 404 g/mol. The van der Waals surface area contributed by atoms with Crippen LogP contribution in [0.4, 0.5) is 0 Å². The Balaban J connectivity index is 1.19. The van der Waals surface area contributed by atoms with E-state index in [1.807, 2.05) is 0 Å². The maximum absolute atomic E-state index is 12.2. The fourth-order valence-corrected chi connectivity index (χ4v) is 6.74. The molecular formula is C25H40O4. The maximum Gasteiger partial charge on any atom is 0.333 e. The Kier molecular flexibility index (Phi) is 6.14. The van der Waals surface area contributed by atoms with Crippen LogP contribution >= 0.6 is 0 Å². The van der Waals surface area contributed by atoms with Crippen LogP contribution in [0.3, 0.4) is 0 Å². The number of hydrogen-bond donors (Lipinski definition) is 0. The minimum Gasteiger partial charge on any atom is -0.456 e. The van der Waals surface area contributed by atoms with E-state index in [4.69, 9.17) is 14.2 Å². The molecule has 4 aliphatic carbocycles. The van der Waals surface area contributed by atoms with E-state index in [-0.39, 0.29) is 22.8 Å². The Morgan fingerprint density at radius 1 is 1.03 bits per heavy atom.